The molecule has 1 saturated heterocycles. The van der Waals surface area contributed by atoms with Gasteiger partial charge in [-0.25, -0.2) is 5.48 Å². The number of hydroxylamine groups is 1. The van der Waals surface area contributed by atoms with Gasteiger partial charge >= 0.3 is 0 Å². The van der Waals surface area contributed by atoms with E-state index in [9.17, 15) is 9.59 Å². The van der Waals surface area contributed by atoms with E-state index in [4.69, 9.17) is 5.21 Å². The van der Waals surface area contributed by atoms with Crippen LogP contribution in [-0.4, -0.2) is 28.6 Å². The molecular formula is C20H17N3O3. The minimum Gasteiger partial charge on any atom is -0.310 e. The number of rotatable bonds is 3. The lowest BCUT2D eigenvalue weighted by Crippen LogP contribution is -2.26. The number of anilines is 1. The quantitative estimate of drug-likeness (QED) is 0.564. The molecule has 2 N–H and O–H groups in total. The van der Waals surface area contributed by atoms with Crippen LogP contribution in [0.5, 0.6) is 0 Å². The number of hydrogen-bond donors (Lipinski definition) is 2. The van der Waals surface area contributed by atoms with Gasteiger partial charge in [0.25, 0.3) is 5.91 Å². The molecule has 1 aliphatic heterocycles. The Bertz CT molecular complexity index is 988. The highest BCUT2D eigenvalue weighted by Crippen LogP contribution is 2.33. The van der Waals surface area contributed by atoms with Crippen molar-refractivity contribution in [1.29, 1.82) is 0 Å². The molecule has 0 radical (unpaired) electrons. The fourth-order valence-electron chi connectivity index (χ4n) is 3.45. The Morgan fingerprint density at radius 2 is 2.00 bits per heavy atom. The van der Waals surface area contributed by atoms with E-state index in [2.05, 4.69) is 4.98 Å². The molecule has 2 aromatic carbocycles. The van der Waals surface area contributed by atoms with E-state index >= 15 is 0 Å². The number of fused-ring (bicyclic) bond motifs is 1. The second-order valence-electron chi connectivity index (χ2n) is 6.30. The molecule has 0 saturated carbocycles. The Hall–Kier alpha value is -3.25. The maximum absolute atomic E-state index is 12.9. The Morgan fingerprint density at radius 3 is 2.77 bits per heavy atom. The number of amides is 2. The van der Waals surface area contributed by atoms with Crippen molar-refractivity contribution < 1.29 is 14.8 Å². The van der Waals surface area contributed by atoms with Gasteiger partial charge in [-0.15, -0.1) is 0 Å². The highest BCUT2D eigenvalue weighted by atomic mass is 16.5. The van der Waals surface area contributed by atoms with Crippen LogP contribution in [0.15, 0.2) is 60.9 Å². The summed E-state index contributed by atoms with van der Waals surface area (Å²) in [5.74, 6) is -0.714. The topological polar surface area (TPSA) is 82.5 Å². The highest BCUT2D eigenvalue weighted by molar-refractivity contribution is 6.01. The van der Waals surface area contributed by atoms with E-state index in [1.165, 1.54) is 0 Å². The summed E-state index contributed by atoms with van der Waals surface area (Å²) in [5.41, 5.74) is 3.74. The SMILES string of the molecule is O=C(NO)c1ccc2ccc(C3CCN(c4cccnc4)C3=O)cc2c1. The third-order valence-corrected chi connectivity index (χ3v) is 4.79. The number of nitrogens with one attached hydrogen (secondary N) is 1. The largest absolute Gasteiger partial charge is 0.310 e. The highest BCUT2D eigenvalue weighted by Gasteiger charge is 2.33. The lowest BCUT2D eigenvalue weighted by atomic mass is 9.94. The number of hydrogen-bond acceptors (Lipinski definition) is 4. The second kappa shape index (κ2) is 6.57. The molecule has 1 aromatic heterocycles. The fraction of sp³-hybridized carbons (Fsp3) is 0.150. The van der Waals surface area contributed by atoms with Crippen molar-refractivity contribution in [3.63, 3.8) is 0 Å². The summed E-state index contributed by atoms with van der Waals surface area (Å²) in [5, 5.41) is 10.6. The molecule has 0 bridgehead atoms. The maximum atomic E-state index is 12.9. The van der Waals surface area contributed by atoms with Crippen LogP contribution in [-0.2, 0) is 4.79 Å². The van der Waals surface area contributed by atoms with Crippen molar-refractivity contribution in [3.8, 4) is 0 Å². The van der Waals surface area contributed by atoms with Gasteiger partial charge in [0.15, 0.2) is 0 Å². The lowest BCUT2D eigenvalue weighted by molar-refractivity contribution is -0.118. The minimum absolute atomic E-state index is 0.0570. The van der Waals surface area contributed by atoms with Crippen LogP contribution in [0.3, 0.4) is 0 Å². The van der Waals surface area contributed by atoms with Crippen LogP contribution in [0.25, 0.3) is 10.8 Å². The smallest absolute Gasteiger partial charge is 0.274 e. The molecule has 6 heteroatoms. The predicted molar refractivity (Wildman–Crippen MR) is 97.1 cm³/mol. The average Bonchev–Trinajstić information content (AvgIpc) is 3.08. The lowest BCUT2D eigenvalue weighted by Gasteiger charge is -2.16. The molecule has 6 nitrogen and oxygen atoms in total. The molecule has 2 heterocycles. The Morgan fingerprint density at radius 1 is 1.15 bits per heavy atom. The van der Waals surface area contributed by atoms with Crippen LogP contribution < -0.4 is 10.4 Å². The van der Waals surface area contributed by atoms with Gasteiger partial charge in [0.2, 0.25) is 5.91 Å². The van der Waals surface area contributed by atoms with Gasteiger partial charge in [-0.05, 0) is 47.0 Å². The standard InChI is InChI=1S/C20H17N3O3/c24-19(22-26)15-6-4-13-3-5-14(10-16(13)11-15)18-7-9-23(20(18)25)17-2-1-8-21-12-17/h1-6,8,10-12,18,26H,7,9H2,(H,22,24). The van der Waals surface area contributed by atoms with Crippen molar-refractivity contribution in [3.05, 3.63) is 72.1 Å². The summed E-state index contributed by atoms with van der Waals surface area (Å²) >= 11 is 0. The number of benzene rings is 2. The van der Waals surface area contributed by atoms with Crippen LogP contribution in [0.1, 0.15) is 28.3 Å². The van der Waals surface area contributed by atoms with Gasteiger partial charge in [-0.1, -0.05) is 24.3 Å². The maximum Gasteiger partial charge on any atom is 0.274 e. The van der Waals surface area contributed by atoms with Gasteiger partial charge in [-0.2, -0.15) is 0 Å². The van der Waals surface area contributed by atoms with Crippen LogP contribution in [0.4, 0.5) is 5.69 Å². The minimum atomic E-state index is -0.558. The number of carbonyl (C=O) groups is 2. The first-order valence-electron chi connectivity index (χ1n) is 8.37. The summed E-state index contributed by atoms with van der Waals surface area (Å²) in [6.45, 7) is 0.653. The zero-order valence-electron chi connectivity index (χ0n) is 13.9. The molecule has 1 fully saturated rings. The van der Waals surface area contributed by atoms with E-state index in [0.717, 1.165) is 28.4 Å². The first-order valence-corrected chi connectivity index (χ1v) is 8.37. The first-order chi connectivity index (χ1) is 12.7. The van der Waals surface area contributed by atoms with Gasteiger partial charge in [0.1, 0.15) is 0 Å². The van der Waals surface area contributed by atoms with Crippen molar-refractivity contribution in [1.82, 2.24) is 10.5 Å². The van der Waals surface area contributed by atoms with E-state index in [1.807, 2.05) is 36.4 Å². The number of aromatic nitrogens is 1. The zero-order valence-corrected chi connectivity index (χ0v) is 13.9. The number of carbonyl (C=O) groups excluding carboxylic acids is 2. The van der Waals surface area contributed by atoms with Crippen molar-refractivity contribution >= 4 is 28.3 Å². The monoisotopic (exact) mass is 347 g/mol. The van der Waals surface area contributed by atoms with Gasteiger partial charge in [-0.3, -0.25) is 19.8 Å². The molecule has 1 unspecified atom stereocenters. The predicted octanol–water partition coefficient (Wildman–Crippen LogP) is 2.87. The molecule has 0 spiro atoms. The Labute approximate surface area is 150 Å². The Kier molecular flexibility index (Phi) is 4.10. The average molecular weight is 347 g/mol. The summed E-state index contributed by atoms with van der Waals surface area (Å²) in [6.07, 6.45) is 4.11. The Balaban J connectivity index is 1.66. The van der Waals surface area contributed by atoms with Crippen LogP contribution >= 0.6 is 0 Å². The second-order valence-corrected chi connectivity index (χ2v) is 6.30. The molecular weight excluding hydrogens is 330 g/mol. The molecule has 130 valence electrons. The van der Waals surface area contributed by atoms with Crippen LogP contribution in [0, 0.1) is 0 Å². The number of nitrogens with zero attached hydrogens (tertiary/aromatic N) is 2. The van der Waals surface area contributed by atoms with E-state index in [-0.39, 0.29) is 11.8 Å². The molecule has 2 amide bonds. The third-order valence-electron chi connectivity index (χ3n) is 4.79. The van der Waals surface area contributed by atoms with Gasteiger partial charge in [0, 0.05) is 18.3 Å². The molecule has 26 heavy (non-hydrogen) atoms. The van der Waals surface area contributed by atoms with E-state index in [0.29, 0.717) is 12.1 Å². The van der Waals surface area contributed by atoms with Gasteiger partial charge < -0.3 is 4.90 Å². The molecule has 1 atom stereocenters. The first kappa shape index (κ1) is 16.2. The fourth-order valence-corrected chi connectivity index (χ4v) is 3.45. The zero-order chi connectivity index (χ0) is 18.1. The normalized spacial score (nSPS) is 16.9. The van der Waals surface area contributed by atoms with E-state index < -0.39 is 5.91 Å². The third kappa shape index (κ3) is 2.80. The molecule has 1 aliphatic rings. The summed E-state index contributed by atoms with van der Waals surface area (Å²) in [7, 11) is 0. The molecule has 4 rings (SSSR count). The molecule has 3 aromatic rings. The van der Waals surface area contributed by atoms with Gasteiger partial charge in [0.05, 0.1) is 17.8 Å². The summed E-state index contributed by atoms with van der Waals surface area (Å²) in [6, 6.07) is 14.7. The van der Waals surface area contributed by atoms with Crippen molar-refractivity contribution in [2.45, 2.75) is 12.3 Å². The van der Waals surface area contributed by atoms with E-state index in [1.54, 1.807) is 34.9 Å². The summed E-state index contributed by atoms with van der Waals surface area (Å²) in [4.78, 5) is 30.3. The van der Waals surface area contributed by atoms with Crippen molar-refractivity contribution in [2.75, 3.05) is 11.4 Å². The van der Waals surface area contributed by atoms with Crippen molar-refractivity contribution in [2.24, 2.45) is 0 Å². The number of pyridine rings is 1. The van der Waals surface area contributed by atoms with Crippen LogP contribution in [0.2, 0.25) is 0 Å². The molecule has 0 aliphatic carbocycles. The summed E-state index contributed by atoms with van der Waals surface area (Å²) < 4.78 is 0.